The minimum atomic E-state index is -0.530. The van der Waals surface area contributed by atoms with Crippen molar-refractivity contribution >= 4 is 28.8 Å². The average molecular weight is 296 g/mol. The third-order valence-corrected chi connectivity index (χ3v) is 3.12. The fourth-order valence-corrected chi connectivity index (χ4v) is 1.88. The van der Waals surface area contributed by atoms with Crippen LogP contribution >= 0.6 is 11.8 Å². The lowest BCUT2D eigenvalue weighted by atomic mass is 10.2. The molecule has 0 heterocycles. The van der Waals surface area contributed by atoms with E-state index in [-0.39, 0.29) is 5.24 Å². The number of anilines is 1. The highest BCUT2D eigenvalue weighted by molar-refractivity contribution is 8.13. The van der Waals surface area contributed by atoms with E-state index < -0.39 is 11.7 Å². The van der Waals surface area contributed by atoms with Crippen LogP contribution in [-0.2, 0) is 4.74 Å². The number of rotatable bonds is 2. The molecule has 1 rings (SSSR count). The molecular formula is C14H20N2O3S. The monoisotopic (exact) mass is 296 g/mol. The summed E-state index contributed by atoms with van der Waals surface area (Å²) in [6.07, 6.45) is -0.498. The van der Waals surface area contributed by atoms with Gasteiger partial charge < -0.3 is 9.64 Å². The van der Waals surface area contributed by atoms with E-state index >= 15 is 0 Å². The van der Waals surface area contributed by atoms with Gasteiger partial charge in [0, 0.05) is 24.7 Å². The summed E-state index contributed by atoms with van der Waals surface area (Å²) in [6.45, 7) is 5.41. The summed E-state index contributed by atoms with van der Waals surface area (Å²) < 4.78 is 5.15. The van der Waals surface area contributed by atoms with Gasteiger partial charge in [0.05, 0.1) is 0 Å². The lowest BCUT2D eigenvalue weighted by molar-refractivity contribution is 0.0636. The molecule has 110 valence electrons. The van der Waals surface area contributed by atoms with Gasteiger partial charge in [0.25, 0.3) is 5.24 Å². The molecular weight excluding hydrogens is 276 g/mol. The molecule has 0 saturated heterocycles. The second-order valence-corrected chi connectivity index (χ2v) is 6.44. The van der Waals surface area contributed by atoms with E-state index in [0.29, 0.717) is 5.69 Å². The molecule has 0 spiro atoms. The second kappa shape index (κ2) is 6.65. The normalized spacial score (nSPS) is 10.8. The zero-order valence-corrected chi connectivity index (χ0v) is 13.2. The summed E-state index contributed by atoms with van der Waals surface area (Å²) in [6, 6.07) is 7.02. The summed E-state index contributed by atoms with van der Waals surface area (Å²) in [5.74, 6) is 0. The van der Waals surface area contributed by atoms with Crippen LogP contribution in [0, 0.1) is 0 Å². The summed E-state index contributed by atoms with van der Waals surface area (Å²) in [7, 11) is 3.40. The standard InChI is InChI=1S/C14H20N2O3S/c1-14(2,3)19-12(17)15-10-6-8-11(9-7-10)20-13(18)16(4)5/h6-9H,1-5H3,(H,15,17). The van der Waals surface area contributed by atoms with E-state index in [2.05, 4.69) is 5.32 Å². The molecule has 0 atom stereocenters. The maximum absolute atomic E-state index is 11.6. The molecule has 0 fully saturated rings. The first kappa shape index (κ1) is 16.4. The Hall–Kier alpha value is -1.69. The van der Waals surface area contributed by atoms with Gasteiger partial charge in [-0.25, -0.2) is 4.79 Å². The first-order valence-electron chi connectivity index (χ1n) is 6.16. The van der Waals surface area contributed by atoms with Gasteiger partial charge in [0.15, 0.2) is 0 Å². The number of ether oxygens (including phenoxy) is 1. The molecule has 0 aliphatic heterocycles. The Balaban J connectivity index is 2.59. The summed E-state index contributed by atoms with van der Waals surface area (Å²) in [5, 5.41) is 2.59. The van der Waals surface area contributed by atoms with Crippen LogP contribution < -0.4 is 5.32 Å². The van der Waals surface area contributed by atoms with Crippen molar-refractivity contribution in [2.24, 2.45) is 0 Å². The number of carbonyl (C=O) groups is 2. The minimum absolute atomic E-state index is 0.0437. The molecule has 0 radical (unpaired) electrons. The average Bonchev–Trinajstić information content (AvgIpc) is 2.28. The highest BCUT2D eigenvalue weighted by atomic mass is 32.2. The molecule has 6 heteroatoms. The van der Waals surface area contributed by atoms with E-state index in [9.17, 15) is 9.59 Å². The van der Waals surface area contributed by atoms with Crippen molar-refractivity contribution in [3.05, 3.63) is 24.3 Å². The van der Waals surface area contributed by atoms with Gasteiger partial charge in [-0.2, -0.15) is 0 Å². The van der Waals surface area contributed by atoms with E-state index in [1.165, 1.54) is 4.90 Å². The number of hydrogen-bond donors (Lipinski definition) is 1. The van der Waals surface area contributed by atoms with Crippen molar-refractivity contribution in [3.8, 4) is 0 Å². The van der Waals surface area contributed by atoms with E-state index in [0.717, 1.165) is 16.7 Å². The molecule has 1 aromatic rings. The zero-order chi connectivity index (χ0) is 15.3. The molecule has 1 aromatic carbocycles. The number of amides is 2. The number of carbonyl (C=O) groups excluding carboxylic acids is 2. The molecule has 0 aliphatic carbocycles. The van der Waals surface area contributed by atoms with Gasteiger partial charge in [-0.15, -0.1) is 0 Å². The van der Waals surface area contributed by atoms with Crippen molar-refractivity contribution in [2.45, 2.75) is 31.3 Å². The predicted octanol–water partition coefficient (Wildman–Crippen LogP) is 3.81. The smallest absolute Gasteiger partial charge is 0.412 e. The van der Waals surface area contributed by atoms with Gasteiger partial charge in [0.2, 0.25) is 0 Å². The van der Waals surface area contributed by atoms with Crippen LogP contribution in [0.1, 0.15) is 20.8 Å². The molecule has 0 unspecified atom stereocenters. The Morgan fingerprint density at radius 1 is 1.15 bits per heavy atom. The van der Waals surface area contributed by atoms with Gasteiger partial charge in [0.1, 0.15) is 5.60 Å². The lowest BCUT2D eigenvalue weighted by Gasteiger charge is -2.19. The molecule has 2 amide bonds. The highest BCUT2D eigenvalue weighted by Crippen LogP contribution is 2.22. The number of nitrogens with one attached hydrogen (secondary N) is 1. The number of thioether (sulfide) groups is 1. The van der Waals surface area contributed by atoms with Gasteiger partial charge >= 0.3 is 6.09 Å². The fraction of sp³-hybridized carbons (Fsp3) is 0.429. The summed E-state index contributed by atoms with van der Waals surface area (Å²) >= 11 is 1.13. The zero-order valence-electron chi connectivity index (χ0n) is 12.4. The van der Waals surface area contributed by atoms with E-state index in [4.69, 9.17) is 4.74 Å². The number of hydrogen-bond acceptors (Lipinski definition) is 4. The Labute approximate surface area is 123 Å². The molecule has 0 saturated carbocycles. The topological polar surface area (TPSA) is 58.6 Å². The molecule has 20 heavy (non-hydrogen) atoms. The fourth-order valence-electron chi connectivity index (χ4n) is 1.22. The molecule has 0 aromatic heterocycles. The molecule has 0 aliphatic rings. The SMILES string of the molecule is CN(C)C(=O)Sc1ccc(NC(=O)OC(C)(C)C)cc1. The predicted molar refractivity (Wildman–Crippen MR) is 81.2 cm³/mol. The number of nitrogens with zero attached hydrogens (tertiary/aromatic N) is 1. The second-order valence-electron chi connectivity index (χ2n) is 5.41. The highest BCUT2D eigenvalue weighted by Gasteiger charge is 2.16. The number of benzene rings is 1. The first-order chi connectivity index (χ1) is 9.17. The molecule has 5 nitrogen and oxygen atoms in total. The Bertz CT molecular complexity index is 478. The molecule has 0 bridgehead atoms. The van der Waals surface area contributed by atoms with E-state index in [1.54, 1.807) is 59.1 Å². The van der Waals surface area contributed by atoms with Crippen molar-refractivity contribution in [2.75, 3.05) is 19.4 Å². The lowest BCUT2D eigenvalue weighted by Crippen LogP contribution is -2.27. The Morgan fingerprint density at radius 2 is 1.70 bits per heavy atom. The molecule has 1 N–H and O–H groups in total. The largest absolute Gasteiger partial charge is 0.444 e. The first-order valence-corrected chi connectivity index (χ1v) is 6.98. The minimum Gasteiger partial charge on any atom is -0.444 e. The summed E-state index contributed by atoms with van der Waals surface area (Å²) in [5.41, 5.74) is 0.0961. The van der Waals surface area contributed by atoms with Crippen molar-refractivity contribution in [3.63, 3.8) is 0 Å². The third kappa shape index (κ3) is 5.97. The van der Waals surface area contributed by atoms with Crippen LogP contribution in [0.3, 0.4) is 0 Å². The Kier molecular flexibility index (Phi) is 5.44. The van der Waals surface area contributed by atoms with Gasteiger partial charge in [-0.1, -0.05) is 0 Å². The van der Waals surface area contributed by atoms with Crippen LogP contribution in [0.4, 0.5) is 15.3 Å². The summed E-state index contributed by atoms with van der Waals surface area (Å²) in [4.78, 5) is 25.4. The van der Waals surface area contributed by atoms with Crippen LogP contribution in [-0.4, -0.2) is 35.9 Å². The van der Waals surface area contributed by atoms with Crippen LogP contribution in [0.2, 0.25) is 0 Å². The van der Waals surface area contributed by atoms with Crippen molar-refractivity contribution in [1.29, 1.82) is 0 Å². The van der Waals surface area contributed by atoms with Crippen molar-refractivity contribution < 1.29 is 14.3 Å². The van der Waals surface area contributed by atoms with Gasteiger partial charge in [-0.05, 0) is 56.8 Å². The van der Waals surface area contributed by atoms with Crippen LogP contribution in [0.5, 0.6) is 0 Å². The quantitative estimate of drug-likeness (QED) is 0.843. The maximum atomic E-state index is 11.6. The van der Waals surface area contributed by atoms with Gasteiger partial charge in [-0.3, -0.25) is 10.1 Å². The van der Waals surface area contributed by atoms with Crippen molar-refractivity contribution in [1.82, 2.24) is 4.90 Å². The maximum Gasteiger partial charge on any atom is 0.412 e. The van der Waals surface area contributed by atoms with E-state index in [1.807, 2.05) is 0 Å². The van der Waals surface area contributed by atoms with Crippen LogP contribution in [0.25, 0.3) is 0 Å². The third-order valence-electron chi connectivity index (χ3n) is 2.07. The Morgan fingerprint density at radius 3 is 2.15 bits per heavy atom. The van der Waals surface area contributed by atoms with Crippen LogP contribution in [0.15, 0.2) is 29.2 Å².